The maximum absolute atomic E-state index is 13.0. The van der Waals surface area contributed by atoms with E-state index in [1.165, 1.54) is 23.8 Å². The molecule has 5 heteroatoms. The van der Waals surface area contributed by atoms with E-state index in [4.69, 9.17) is 4.99 Å². The van der Waals surface area contributed by atoms with Crippen LogP contribution in [0.3, 0.4) is 0 Å². The predicted octanol–water partition coefficient (Wildman–Crippen LogP) is 4.09. The van der Waals surface area contributed by atoms with Crippen molar-refractivity contribution in [3.05, 3.63) is 64.6 Å². The lowest BCUT2D eigenvalue weighted by molar-refractivity contribution is 0.333. The Labute approximate surface area is 158 Å². The summed E-state index contributed by atoms with van der Waals surface area (Å²) in [5.41, 5.74) is 0.276. The number of benzene rings is 1. The first-order chi connectivity index (χ1) is 13.2. The zero-order valence-corrected chi connectivity index (χ0v) is 15.4. The molecule has 1 fully saturated rings. The number of aromatic nitrogens is 2. The number of nitrogens with zero attached hydrogens (tertiary/aromatic N) is 3. The molecule has 1 aromatic carbocycles. The highest BCUT2D eigenvalue weighted by molar-refractivity contribution is 6.01. The SMILES string of the molecule is C[C@@H]1CCCC[C@H]1N=Cc1c(O)n(-c2ccccn2)c(=O)c2ccccc12. The first-order valence-electron chi connectivity index (χ1n) is 9.48. The smallest absolute Gasteiger partial charge is 0.267 e. The maximum Gasteiger partial charge on any atom is 0.267 e. The molecule has 0 spiro atoms. The van der Waals surface area contributed by atoms with Crippen LogP contribution in [-0.2, 0) is 0 Å². The van der Waals surface area contributed by atoms with Crippen molar-refractivity contribution in [2.45, 2.75) is 38.6 Å². The molecule has 0 amide bonds. The van der Waals surface area contributed by atoms with Crippen molar-refractivity contribution in [1.29, 1.82) is 0 Å². The Morgan fingerprint density at radius 1 is 1.11 bits per heavy atom. The standard InChI is InChI=1S/C22H23N3O2/c1-15-8-2-5-11-19(15)24-14-18-16-9-3-4-10-17(16)21(26)25(22(18)27)20-12-6-7-13-23-20/h3-4,6-7,9-10,12-15,19,27H,2,5,8,11H2,1H3/t15-,19-/m1/s1. The van der Waals surface area contributed by atoms with Gasteiger partial charge in [-0.3, -0.25) is 9.79 Å². The van der Waals surface area contributed by atoms with E-state index in [0.717, 1.165) is 6.42 Å². The lowest BCUT2D eigenvalue weighted by atomic mass is 9.86. The molecule has 0 aliphatic heterocycles. The second-order valence-electron chi connectivity index (χ2n) is 7.22. The van der Waals surface area contributed by atoms with Gasteiger partial charge in [0.1, 0.15) is 5.82 Å². The molecule has 1 aliphatic rings. The summed E-state index contributed by atoms with van der Waals surface area (Å²) in [6.07, 6.45) is 8.04. The first kappa shape index (κ1) is 17.5. The number of hydrogen-bond acceptors (Lipinski definition) is 4. The summed E-state index contributed by atoms with van der Waals surface area (Å²) in [6.45, 7) is 2.23. The fourth-order valence-corrected chi connectivity index (χ4v) is 3.88. The van der Waals surface area contributed by atoms with Gasteiger partial charge in [0.05, 0.1) is 11.6 Å². The molecule has 27 heavy (non-hydrogen) atoms. The van der Waals surface area contributed by atoms with Gasteiger partial charge in [0, 0.05) is 23.2 Å². The highest BCUT2D eigenvalue weighted by Crippen LogP contribution is 2.28. The van der Waals surface area contributed by atoms with Crippen LogP contribution in [-0.4, -0.2) is 26.9 Å². The van der Waals surface area contributed by atoms with Crippen LogP contribution >= 0.6 is 0 Å². The van der Waals surface area contributed by atoms with Crippen molar-refractivity contribution in [3.8, 4) is 11.7 Å². The van der Waals surface area contributed by atoms with E-state index >= 15 is 0 Å². The Bertz CT molecular complexity index is 1040. The summed E-state index contributed by atoms with van der Waals surface area (Å²) in [5, 5.41) is 12.2. The van der Waals surface area contributed by atoms with Crippen LogP contribution in [0.5, 0.6) is 5.88 Å². The number of hydrogen-bond donors (Lipinski definition) is 1. The van der Waals surface area contributed by atoms with Crippen molar-refractivity contribution in [1.82, 2.24) is 9.55 Å². The third kappa shape index (κ3) is 3.25. The van der Waals surface area contributed by atoms with Gasteiger partial charge in [-0.25, -0.2) is 9.55 Å². The average Bonchev–Trinajstić information content (AvgIpc) is 2.70. The molecule has 0 bridgehead atoms. The largest absolute Gasteiger partial charge is 0.494 e. The minimum Gasteiger partial charge on any atom is -0.494 e. The van der Waals surface area contributed by atoms with Crippen LogP contribution in [0.1, 0.15) is 38.2 Å². The molecule has 1 N–H and O–H groups in total. The molecule has 2 atom stereocenters. The third-order valence-corrected chi connectivity index (χ3v) is 5.44. The first-order valence-corrected chi connectivity index (χ1v) is 9.48. The number of aliphatic imine (C=N–C) groups is 1. The van der Waals surface area contributed by atoms with Crippen molar-refractivity contribution < 1.29 is 5.11 Å². The van der Waals surface area contributed by atoms with E-state index in [0.29, 0.717) is 28.1 Å². The number of rotatable bonds is 3. The fraction of sp³-hybridized carbons (Fsp3) is 0.318. The molecule has 4 rings (SSSR count). The van der Waals surface area contributed by atoms with Gasteiger partial charge in [0.2, 0.25) is 5.88 Å². The zero-order valence-electron chi connectivity index (χ0n) is 15.4. The molecular formula is C22H23N3O2. The highest BCUT2D eigenvalue weighted by atomic mass is 16.3. The van der Waals surface area contributed by atoms with Crippen molar-refractivity contribution in [3.63, 3.8) is 0 Å². The molecule has 5 nitrogen and oxygen atoms in total. The summed E-state index contributed by atoms with van der Waals surface area (Å²) in [4.78, 5) is 22.0. The summed E-state index contributed by atoms with van der Waals surface area (Å²) in [5.74, 6) is 0.807. The minimum absolute atomic E-state index is 0.121. The van der Waals surface area contributed by atoms with E-state index in [2.05, 4.69) is 11.9 Å². The van der Waals surface area contributed by atoms with E-state index in [9.17, 15) is 9.90 Å². The third-order valence-electron chi connectivity index (χ3n) is 5.44. The predicted molar refractivity (Wildman–Crippen MR) is 108 cm³/mol. The Morgan fingerprint density at radius 2 is 1.85 bits per heavy atom. The van der Waals surface area contributed by atoms with Crippen LogP contribution in [0.2, 0.25) is 0 Å². The molecule has 2 aromatic heterocycles. The van der Waals surface area contributed by atoms with Crippen LogP contribution in [0.25, 0.3) is 16.6 Å². The van der Waals surface area contributed by atoms with Crippen LogP contribution < -0.4 is 5.56 Å². The molecule has 0 radical (unpaired) electrons. The topological polar surface area (TPSA) is 67.5 Å². The summed E-state index contributed by atoms with van der Waals surface area (Å²) >= 11 is 0. The molecule has 0 unspecified atom stereocenters. The van der Waals surface area contributed by atoms with Gasteiger partial charge in [-0.05, 0) is 37.0 Å². The number of pyridine rings is 2. The van der Waals surface area contributed by atoms with E-state index < -0.39 is 0 Å². The van der Waals surface area contributed by atoms with Gasteiger partial charge in [0.15, 0.2) is 0 Å². The van der Waals surface area contributed by atoms with E-state index in [-0.39, 0.29) is 17.5 Å². The van der Waals surface area contributed by atoms with Gasteiger partial charge < -0.3 is 5.11 Å². The van der Waals surface area contributed by atoms with Crippen molar-refractivity contribution in [2.24, 2.45) is 10.9 Å². The van der Waals surface area contributed by atoms with Crippen molar-refractivity contribution in [2.75, 3.05) is 0 Å². The number of fused-ring (bicyclic) bond motifs is 1. The normalized spacial score (nSPS) is 20.3. The van der Waals surface area contributed by atoms with Gasteiger partial charge in [0.25, 0.3) is 5.56 Å². The van der Waals surface area contributed by atoms with E-state index in [1.807, 2.05) is 18.2 Å². The monoisotopic (exact) mass is 361 g/mol. The molecule has 3 aromatic rings. The van der Waals surface area contributed by atoms with E-state index in [1.54, 1.807) is 36.7 Å². The van der Waals surface area contributed by atoms with Gasteiger partial charge >= 0.3 is 0 Å². The van der Waals surface area contributed by atoms with Crippen LogP contribution in [0.4, 0.5) is 0 Å². The Kier molecular flexibility index (Phi) is 4.75. The molecular weight excluding hydrogens is 338 g/mol. The molecule has 1 aliphatic carbocycles. The number of aromatic hydroxyl groups is 1. The fourth-order valence-electron chi connectivity index (χ4n) is 3.88. The summed E-state index contributed by atoms with van der Waals surface area (Å²) < 4.78 is 1.26. The van der Waals surface area contributed by atoms with Gasteiger partial charge in [-0.15, -0.1) is 0 Å². The lowest BCUT2D eigenvalue weighted by Gasteiger charge is -2.25. The summed E-state index contributed by atoms with van der Waals surface area (Å²) in [6, 6.07) is 12.9. The molecule has 0 saturated heterocycles. The summed E-state index contributed by atoms with van der Waals surface area (Å²) in [7, 11) is 0. The molecule has 138 valence electrons. The van der Waals surface area contributed by atoms with Crippen LogP contribution in [0.15, 0.2) is 58.4 Å². The second kappa shape index (κ2) is 7.35. The van der Waals surface area contributed by atoms with Gasteiger partial charge in [-0.1, -0.05) is 44.0 Å². The second-order valence-corrected chi connectivity index (χ2v) is 7.22. The minimum atomic E-state index is -0.287. The Morgan fingerprint density at radius 3 is 2.59 bits per heavy atom. The zero-order chi connectivity index (χ0) is 18.8. The highest BCUT2D eigenvalue weighted by Gasteiger charge is 2.21. The maximum atomic E-state index is 13.0. The molecule has 1 saturated carbocycles. The quantitative estimate of drug-likeness (QED) is 0.715. The van der Waals surface area contributed by atoms with Gasteiger partial charge in [-0.2, -0.15) is 0 Å². The Hall–Kier alpha value is -2.95. The Balaban J connectivity index is 1.90. The average molecular weight is 361 g/mol. The lowest BCUT2D eigenvalue weighted by Crippen LogP contribution is -2.22. The molecule has 2 heterocycles. The van der Waals surface area contributed by atoms with Crippen LogP contribution in [0, 0.1) is 5.92 Å². The van der Waals surface area contributed by atoms with Crippen molar-refractivity contribution >= 4 is 17.0 Å².